The van der Waals surface area contributed by atoms with Crippen molar-refractivity contribution in [2.24, 2.45) is 11.3 Å². The maximum atomic E-state index is 12.0. The van der Waals surface area contributed by atoms with Crippen LogP contribution in [0.1, 0.15) is 30.5 Å². The first-order chi connectivity index (χ1) is 13.6. The molecular weight excluding hydrogens is 352 g/mol. The first-order valence-electron chi connectivity index (χ1n) is 10.3. The summed E-state index contributed by atoms with van der Waals surface area (Å²) in [7, 11) is 0. The van der Waals surface area contributed by atoms with Gasteiger partial charge in [-0.2, -0.15) is 5.10 Å². The molecule has 0 aliphatic carbocycles. The van der Waals surface area contributed by atoms with Gasteiger partial charge in [0.05, 0.1) is 5.92 Å². The van der Waals surface area contributed by atoms with Crippen LogP contribution in [0.2, 0.25) is 0 Å². The Kier molecular flexibility index (Phi) is 5.78. The third-order valence-electron chi connectivity index (χ3n) is 6.60. The molecule has 150 valence electrons. The zero-order chi connectivity index (χ0) is 19.4. The van der Waals surface area contributed by atoms with Gasteiger partial charge in [-0.1, -0.05) is 30.3 Å². The normalized spacial score (nSPS) is 22.6. The maximum absolute atomic E-state index is 12.0. The molecule has 2 N–H and O–H groups in total. The molecule has 2 fully saturated rings. The molecule has 0 radical (unpaired) electrons. The van der Waals surface area contributed by atoms with Crippen LogP contribution in [0.3, 0.4) is 0 Å². The summed E-state index contributed by atoms with van der Waals surface area (Å²) in [5, 5.41) is 16.9. The molecule has 2 aromatic rings. The van der Waals surface area contributed by atoms with Gasteiger partial charge in [-0.25, -0.2) is 0 Å². The number of hydrogen-bond donors (Lipinski definition) is 2. The topological polar surface area (TPSA) is 72.5 Å². The Morgan fingerprint density at radius 3 is 2.64 bits per heavy atom. The molecule has 1 aromatic carbocycles. The molecule has 0 bridgehead atoms. The summed E-state index contributed by atoms with van der Waals surface area (Å²) in [6.45, 7) is 5.40. The molecule has 1 unspecified atom stereocenters. The number of likely N-dealkylation sites (tertiary alicyclic amines) is 2. The van der Waals surface area contributed by atoms with Gasteiger partial charge < -0.3 is 10.0 Å². The number of hydrogen-bond acceptors (Lipinski definition) is 4. The van der Waals surface area contributed by atoms with E-state index in [0.717, 1.165) is 64.1 Å². The van der Waals surface area contributed by atoms with Crippen molar-refractivity contribution in [2.45, 2.75) is 32.2 Å². The zero-order valence-electron chi connectivity index (χ0n) is 16.4. The molecule has 1 atom stereocenters. The summed E-state index contributed by atoms with van der Waals surface area (Å²) in [6, 6.07) is 12.6. The molecule has 4 rings (SSSR count). The van der Waals surface area contributed by atoms with Gasteiger partial charge in [-0.15, -0.1) is 0 Å². The number of carbonyl (C=O) groups is 1. The molecule has 6 nitrogen and oxygen atoms in total. The van der Waals surface area contributed by atoms with E-state index < -0.39 is 5.97 Å². The highest BCUT2D eigenvalue weighted by Crippen LogP contribution is 2.45. The van der Waals surface area contributed by atoms with E-state index >= 15 is 0 Å². The molecular formula is C22H30N4O2. The number of rotatable bonds is 7. The number of benzene rings is 1. The van der Waals surface area contributed by atoms with Crippen LogP contribution in [-0.4, -0.2) is 63.8 Å². The zero-order valence-corrected chi connectivity index (χ0v) is 16.4. The number of aryl methyl sites for hydroxylation is 1. The predicted molar refractivity (Wildman–Crippen MR) is 108 cm³/mol. The molecule has 28 heavy (non-hydrogen) atoms. The SMILES string of the molecule is O=C(O)C1CN(CCCc2ccccc2)CC12CCN(Cc1ccn[nH]1)CC2. The molecule has 1 aromatic heterocycles. The Morgan fingerprint density at radius 2 is 1.96 bits per heavy atom. The highest BCUT2D eigenvalue weighted by molar-refractivity contribution is 5.72. The number of aromatic nitrogens is 2. The largest absolute Gasteiger partial charge is 0.481 e. The number of H-pyrrole nitrogens is 1. The molecule has 6 heteroatoms. The fourth-order valence-corrected chi connectivity index (χ4v) is 5.01. The number of aromatic amines is 1. The van der Waals surface area contributed by atoms with Crippen molar-refractivity contribution < 1.29 is 9.90 Å². The Morgan fingerprint density at radius 1 is 1.18 bits per heavy atom. The number of piperidine rings is 1. The molecule has 2 saturated heterocycles. The summed E-state index contributed by atoms with van der Waals surface area (Å²) in [4.78, 5) is 16.8. The highest BCUT2D eigenvalue weighted by atomic mass is 16.4. The molecule has 2 aliphatic rings. The fourth-order valence-electron chi connectivity index (χ4n) is 5.01. The average molecular weight is 383 g/mol. The minimum Gasteiger partial charge on any atom is -0.481 e. The van der Waals surface area contributed by atoms with Gasteiger partial charge >= 0.3 is 5.97 Å². The van der Waals surface area contributed by atoms with Crippen LogP contribution >= 0.6 is 0 Å². The van der Waals surface area contributed by atoms with Crippen LogP contribution in [0, 0.1) is 11.3 Å². The van der Waals surface area contributed by atoms with Crippen LogP contribution < -0.4 is 0 Å². The number of nitrogens with zero attached hydrogens (tertiary/aromatic N) is 3. The Labute approximate surface area is 166 Å². The van der Waals surface area contributed by atoms with Crippen molar-refractivity contribution in [3.05, 3.63) is 53.9 Å². The lowest BCUT2D eigenvalue weighted by Crippen LogP contribution is -2.45. The minimum absolute atomic E-state index is 0.0664. The predicted octanol–water partition coefficient (Wildman–Crippen LogP) is 2.64. The Balaban J connectivity index is 1.32. The number of aliphatic carboxylic acids is 1. The van der Waals surface area contributed by atoms with E-state index in [4.69, 9.17) is 0 Å². The second-order valence-electron chi connectivity index (χ2n) is 8.44. The van der Waals surface area contributed by atoms with Crippen molar-refractivity contribution in [3.8, 4) is 0 Å². The third kappa shape index (κ3) is 4.28. The van der Waals surface area contributed by atoms with E-state index in [1.165, 1.54) is 5.56 Å². The first kappa shape index (κ1) is 19.2. The van der Waals surface area contributed by atoms with Crippen LogP contribution in [0.15, 0.2) is 42.6 Å². The smallest absolute Gasteiger partial charge is 0.308 e. The summed E-state index contributed by atoms with van der Waals surface area (Å²) in [5.74, 6) is -0.855. The lowest BCUT2D eigenvalue weighted by atomic mass is 9.71. The van der Waals surface area contributed by atoms with Gasteiger partial charge in [0.2, 0.25) is 0 Å². The molecule has 0 saturated carbocycles. The van der Waals surface area contributed by atoms with Crippen molar-refractivity contribution in [2.75, 3.05) is 32.7 Å². The number of carboxylic acids is 1. The summed E-state index contributed by atoms with van der Waals surface area (Å²) in [5.41, 5.74) is 2.42. The van der Waals surface area contributed by atoms with Crippen LogP contribution in [0.25, 0.3) is 0 Å². The first-order valence-corrected chi connectivity index (χ1v) is 10.3. The second kappa shape index (κ2) is 8.45. The van der Waals surface area contributed by atoms with Gasteiger partial charge in [-0.05, 0) is 56.9 Å². The highest BCUT2D eigenvalue weighted by Gasteiger charge is 2.51. The minimum atomic E-state index is -0.618. The van der Waals surface area contributed by atoms with Crippen LogP contribution in [0.5, 0.6) is 0 Å². The fraction of sp³-hybridized carbons (Fsp3) is 0.545. The third-order valence-corrected chi connectivity index (χ3v) is 6.60. The van der Waals surface area contributed by atoms with Crippen molar-refractivity contribution in [1.29, 1.82) is 0 Å². The Hall–Kier alpha value is -2.18. The van der Waals surface area contributed by atoms with E-state index in [-0.39, 0.29) is 11.3 Å². The van der Waals surface area contributed by atoms with E-state index in [0.29, 0.717) is 6.54 Å². The van der Waals surface area contributed by atoms with Gasteiger partial charge in [0.25, 0.3) is 0 Å². The van der Waals surface area contributed by atoms with E-state index in [1.807, 2.05) is 12.1 Å². The van der Waals surface area contributed by atoms with Crippen molar-refractivity contribution in [3.63, 3.8) is 0 Å². The van der Waals surface area contributed by atoms with Crippen molar-refractivity contribution >= 4 is 5.97 Å². The van der Waals surface area contributed by atoms with Crippen LogP contribution in [0.4, 0.5) is 0 Å². The number of nitrogens with one attached hydrogen (secondary N) is 1. The lowest BCUT2D eigenvalue weighted by Gasteiger charge is -2.41. The van der Waals surface area contributed by atoms with Crippen molar-refractivity contribution in [1.82, 2.24) is 20.0 Å². The van der Waals surface area contributed by atoms with E-state index in [1.54, 1.807) is 6.20 Å². The summed E-state index contributed by atoms with van der Waals surface area (Å²) >= 11 is 0. The van der Waals surface area contributed by atoms with Gasteiger partial charge in [0, 0.05) is 36.9 Å². The lowest BCUT2D eigenvalue weighted by molar-refractivity contribution is -0.146. The van der Waals surface area contributed by atoms with Gasteiger partial charge in [0.1, 0.15) is 0 Å². The number of carboxylic acid groups (broad SMARTS) is 1. The van der Waals surface area contributed by atoms with Gasteiger partial charge in [-0.3, -0.25) is 14.8 Å². The monoisotopic (exact) mass is 382 g/mol. The molecule has 0 amide bonds. The van der Waals surface area contributed by atoms with E-state index in [2.05, 4.69) is 44.3 Å². The van der Waals surface area contributed by atoms with E-state index in [9.17, 15) is 9.90 Å². The standard InChI is InChI=1S/C22H30N4O2/c27-21(28)20-16-26(12-4-7-18-5-2-1-3-6-18)17-22(20)9-13-25(14-10-22)15-19-8-11-23-24-19/h1-3,5-6,8,11,20H,4,7,9-10,12-17H2,(H,23,24)(H,27,28). The maximum Gasteiger partial charge on any atom is 0.308 e. The average Bonchev–Trinajstić information content (AvgIpc) is 3.33. The molecule has 2 aliphatic heterocycles. The molecule has 1 spiro atoms. The van der Waals surface area contributed by atoms with Gasteiger partial charge in [0.15, 0.2) is 0 Å². The quantitative estimate of drug-likeness (QED) is 0.770. The van der Waals surface area contributed by atoms with Crippen LogP contribution in [-0.2, 0) is 17.8 Å². The summed E-state index contributed by atoms with van der Waals surface area (Å²) < 4.78 is 0. The second-order valence-corrected chi connectivity index (χ2v) is 8.44. The summed E-state index contributed by atoms with van der Waals surface area (Å²) in [6.07, 6.45) is 5.85. The molecule has 3 heterocycles. The Bertz CT molecular complexity index is 754.